The Morgan fingerprint density at radius 2 is 0.820 bits per heavy atom. The summed E-state index contributed by atoms with van der Waals surface area (Å²) in [6, 6.07) is 48.6. The molecule has 4 amide bonds. The molecule has 8 rings (SSSR count). The van der Waals surface area contributed by atoms with E-state index in [-0.39, 0.29) is 30.0 Å². The predicted octanol–water partition coefficient (Wildman–Crippen LogP) is 6.57. The highest BCUT2D eigenvalue weighted by Crippen LogP contribution is 2.54. The van der Waals surface area contributed by atoms with E-state index in [4.69, 9.17) is 4.74 Å². The van der Waals surface area contributed by atoms with Crippen molar-refractivity contribution in [2.75, 3.05) is 11.9 Å². The molecule has 0 radical (unpaired) electrons. The van der Waals surface area contributed by atoms with Crippen LogP contribution in [0.3, 0.4) is 0 Å². The number of carbonyl (C=O) groups is 4. The molecule has 7 nitrogen and oxygen atoms in total. The molecule has 0 aliphatic carbocycles. The molecular weight excluding hydrogens is 643 g/mol. The SMILES string of the molecule is CN1C(=O)c2ccc(Oc3ccc4c(c3)C(=O)N(c3ccc([P+](c5ccccc5)(c5ccccc5)c5ccccc5)cc3)C4=O)cc2C1=O.[CH3-]. The lowest BCUT2D eigenvalue weighted by Gasteiger charge is -2.28. The lowest BCUT2D eigenvalue weighted by molar-refractivity contribution is 0.0692. The van der Waals surface area contributed by atoms with Crippen molar-refractivity contribution in [1.29, 1.82) is 0 Å². The third-order valence-electron chi connectivity index (χ3n) is 9.08. The molecule has 0 spiro atoms. The van der Waals surface area contributed by atoms with Crippen molar-refractivity contribution >= 4 is 57.8 Å². The Kier molecular flexibility index (Phi) is 8.22. The zero-order chi connectivity index (χ0) is 33.7. The van der Waals surface area contributed by atoms with Crippen molar-refractivity contribution in [3.8, 4) is 11.5 Å². The van der Waals surface area contributed by atoms with E-state index in [1.165, 1.54) is 40.0 Å². The summed E-state index contributed by atoms with van der Waals surface area (Å²) in [7, 11) is -0.918. The van der Waals surface area contributed by atoms with E-state index in [1.807, 2.05) is 42.5 Å². The Bertz CT molecular complexity index is 2190. The summed E-state index contributed by atoms with van der Waals surface area (Å²) in [5.74, 6) is -0.984. The van der Waals surface area contributed by atoms with E-state index in [2.05, 4.69) is 72.8 Å². The van der Waals surface area contributed by atoms with Crippen molar-refractivity contribution in [2.45, 2.75) is 0 Å². The highest BCUT2D eigenvalue weighted by Gasteiger charge is 2.48. The molecule has 244 valence electrons. The van der Waals surface area contributed by atoms with Crippen LogP contribution in [-0.2, 0) is 0 Å². The standard InChI is InChI=1S/C41H28N2O5P.CH3/c1-42-38(44)34-23-19-28(25-36(34)39(42)45)48-29-20-24-35-37(26-29)41(47)43(40(35)46)27-17-21-33(22-18-27)49(30-11-5-2-6-12-30,31-13-7-3-8-14-31)32-15-9-4-10-16-32;/h2-26H,1H3;1H3/q+1;-1. The summed E-state index contributed by atoms with van der Waals surface area (Å²) in [5.41, 5.74) is 1.53. The van der Waals surface area contributed by atoms with Gasteiger partial charge in [0.05, 0.1) is 27.9 Å². The molecule has 0 bridgehead atoms. The summed E-state index contributed by atoms with van der Waals surface area (Å²) >= 11 is 0. The van der Waals surface area contributed by atoms with Gasteiger partial charge in [0.1, 0.15) is 40.0 Å². The summed E-state index contributed by atoms with van der Waals surface area (Å²) < 4.78 is 5.99. The fourth-order valence-corrected chi connectivity index (χ4v) is 11.0. The maximum atomic E-state index is 13.8. The number of hydrogen-bond acceptors (Lipinski definition) is 5. The number of rotatable bonds is 7. The molecule has 0 saturated heterocycles. The molecule has 2 aliphatic heterocycles. The smallest absolute Gasteiger partial charge is 0.266 e. The van der Waals surface area contributed by atoms with Gasteiger partial charge in [-0.3, -0.25) is 24.1 Å². The van der Waals surface area contributed by atoms with E-state index in [1.54, 1.807) is 24.3 Å². The largest absolute Gasteiger partial charge is 0.457 e. The minimum absolute atomic E-state index is 0. The molecule has 0 fully saturated rings. The third kappa shape index (κ3) is 5.02. The maximum Gasteiger partial charge on any atom is 0.266 e. The molecule has 0 aromatic heterocycles. The van der Waals surface area contributed by atoms with Gasteiger partial charge in [-0.1, -0.05) is 54.6 Å². The van der Waals surface area contributed by atoms with Crippen LogP contribution in [0.4, 0.5) is 5.69 Å². The first kappa shape index (κ1) is 32.4. The van der Waals surface area contributed by atoms with Crippen LogP contribution < -0.4 is 30.9 Å². The van der Waals surface area contributed by atoms with E-state index >= 15 is 0 Å². The average molecular weight is 675 g/mol. The molecule has 8 heteroatoms. The first-order chi connectivity index (χ1) is 23.9. The van der Waals surface area contributed by atoms with Crippen LogP contribution in [0.25, 0.3) is 0 Å². The van der Waals surface area contributed by atoms with E-state index in [0.29, 0.717) is 22.7 Å². The second-order valence-electron chi connectivity index (χ2n) is 11.8. The van der Waals surface area contributed by atoms with Gasteiger partial charge in [-0.05, 0) is 97.1 Å². The van der Waals surface area contributed by atoms with Crippen LogP contribution in [0.1, 0.15) is 41.4 Å². The number of carbonyl (C=O) groups excluding carboxylic acids is 4. The number of ether oxygens (including phenoxy) is 1. The highest BCUT2D eigenvalue weighted by atomic mass is 31.2. The molecule has 2 aliphatic rings. The Balaban J connectivity index is 0.00000392. The van der Waals surface area contributed by atoms with Crippen molar-refractivity contribution < 1.29 is 23.9 Å². The van der Waals surface area contributed by atoms with Crippen LogP contribution in [0, 0.1) is 7.43 Å². The van der Waals surface area contributed by atoms with Gasteiger partial charge in [0.15, 0.2) is 0 Å². The summed E-state index contributed by atoms with van der Waals surface area (Å²) in [4.78, 5) is 54.4. The summed E-state index contributed by atoms with van der Waals surface area (Å²) in [6.07, 6.45) is 0. The molecule has 2 heterocycles. The minimum Gasteiger partial charge on any atom is -0.457 e. The van der Waals surface area contributed by atoms with Gasteiger partial charge in [0, 0.05) is 7.05 Å². The topological polar surface area (TPSA) is 84.0 Å². The Labute approximate surface area is 290 Å². The lowest BCUT2D eigenvalue weighted by Crippen LogP contribution is -2.38. The van der Waals surface area contributed by atoms with E-state index in [9.17, 15) is 19.2 Å². The van der Waals surface area contributed by atoms with Gasteiger partial charge in [-0.15, -0.1) is 0 Å². The van der Waals surface area contributed by atoms with Gasteiger partial charge < -0.3 is 12.2 Å². The lowest BCUT2D eigenvalue weighted by atomic mass is 10.1. The number of amides is 4. The van der Waals surface area contributed by atoms with Gasteiger partial charge in [-0.2, -0.15) is 0 Å². The zero-order valence-corrected chi connectivity index (χ0v) is 28.2. The molecule has 0 atom stereocenters. The summed E-state index contributed by atoms with van der Waals surface area (Å²) in [5, 5.41) is 4.67. The fourth-order valence-electron chi connectivity index (χ4n) is 6.73. The van der Waals surface area contributed by atoms with Crippen LogP contribution in [0.15, 0.2) is 152 Å². The number of imide groups is 2. The third-order valence-corrected chi connectivity index (χ3v) is 13.4. The van der Waals surface area contributed by atoms with Gasteiger partial charge in [-0.25, -0.2) is 4.90 Å². The first-order valence-corrected chi connectivity index (χ1v) is 17.5. The van der Waals surface area contributed by atoms with Crippen LogP contribution >= 0.6 is 7.26 Å². The minimum atomic E-state index is -2.35. The van der Waals surface area contributed by atoms with Gasteiger partial charge >= 0.3 is 0 Å². The predicted molar refractivity (Wildman–Crippen MR) is 198 cm³/mol. The van der Waals surface area contributed by atoms with Crippen LogP contribution in [0.5, 0.6) is 11.5 Å². The van der Waals surface area contributed by atoms with Gasteiger partial charge in [0.25, 0.3) is 23.6 Å². The second kappa shape index (κ2) is 12.7. The van der Waals surface area contributed by atoms with Crippen molar-refractivity contribution in [3.05, 3.63) is 181 Å². The molecule has 6 aromatic carbocycles. The number of fused-ring (bicyclic) bond motifs is 2. The molecular formula is C42H31N2O5P. The summed E-state index contributed by atoms with van der Waals surface area (Å²) in [6.45, 7) is 0. The van der Waals surface area contributed by atoms with Crippen molar-refractivity contribution in [3.63, 3.8) is 0 Å². The Hall–Kier alpha value is -6.17. The second-order valence-corrected chi connectivity index (χ2v) is 15.2. The molecule has 50 heavy (non-hydrogen) atoms. The monoisotopic (exact) mass is 674 g/mol. The molecule has 0 N–H and O–H groups in total. The van der Waals surface area contributed by atoms with Crippen molar-refractivity contribution in [2.24, 2.45) is 0 Å². The van der Waals surface area contributed by atoms with E-state index < -0.39 is 25.0 Å². The number of hydrogen-bond donors (Lipinski definition) is 0. The van der Waals surface area contributed by atoms with Crippen molar-refractivity contribution in [1.82, 2.24) is 4.90 Å². The normalized spacial score (nSPS) is 13.6. The number of nitrogens with zero attached hydrogens (tertiary/aromatic N) is 2. The Morgan fingerprint density at radius 3 is 1.30 bits per heavy atom. The maximum absolute atomic E-state index is 13.8. The fraction of sp³-hybridized carbons (Fsp3) is 0.0238. The quantitative estimate of drug-likeness (QED) is 0.109. The molecule has 0 saturated carbocycles. The molecule has 0 unspecified atom stereocenters. The highest BCUT2D eigenvalue weighted by molar-refractivity contribution is 8.01. The number of anilines is 1. The molecule has 6 aromatic rings. The zero-order valence-electron chi connectivity index (χ0n) is 27.3. The first-order valence-electron chi connectivity index (χ1n) is 15.7. The van der Waals surface area contributed by atoms with Gasteiger partial charge in [0.2, 0.25) is 0 Å². The Morgan fingerprint density at radius 1 is 0.440 bits per heavy atom. The van der Waals surface area contributed by atoms with Crippen LogP contribution in [0.2, 0.25) is 0 Å². The average Bonchev–Trinajstić information content (AvgIpc) is 3.52. The number of benzene rings is 6. The van der Waals surface area contributed by atoms with Crippen LogP contribution in [-0.4, -0.2) is 35.6 Å². The van der Waals surface area contributed by atoms with E-state index in [0.717, 1.165) is 10.2 Å².